The van der Waals surface area contributed by atoms with Crippen molar-refractivity contribution < 1.29 is 68.0 Å². The van der Waals surface area contributed by atoms with Crippen LogP contribution >= 0.6 is 0 Å². The van der Waals surface area contributed by atoms with E-state index in [4.69, 9.17) is 39.0 Å². The van der Waals surface area contributed by atoms with Gasteiger partial charge < -0.3 is 9.97 Å². The fourth-order valence-corrected chi connectivity index (χ4v) is 14.4. The Balaban J connectivity index is 0.944. The van der Waals surface area contributed by atoms with Gasteiger partial charge in [0, 0.05) is 56.9 Å². The monoisotopic (exact) mass is 1260 g/mol. The minimum atomic E-state index is -4.84. The van der Waals surface area contributed by atoms with Crippen LogP contribution in [0.5, 0.6) is 0 Å². The molecule has 9 aromatic rings. The average Bonchev–Trinajstić information content (AvgIpc) is 1.94. The number of aromatic amines is 2. The highest BCUT2D eigenvalue weighted by atomic mass is 32.3. The number of aromatic nitrogens is 8. The van der Waals surface area contributed by atoms with Gasteiger partial charge >= 0.3 is 20.8 Å². The van der Waals surface area contributed by atoms with Gasteiger partial charge in [-0.3, -0.25) is 9.11 Å². The summed E-state index contributed by atoms with van der Waals surface area (Å²) in [5.74, 6) is -0.722. The fourth-order valence-electron chi connectivity index (χ4n) is 9.27. The van der Waals surface area contributed by atoms with E-state index >= 15 is 0 Å². The molecule has 2 aliphatic rings. The number of sulfone groups is 2. The van der Waals surface area contributed by atoms with Gasteiger partial charge in [-0.25, -0.2) is 81.4 Å². The van der Waals surface area contributed by atoms with Crippen molar-refractivity contribution in [3.05, 3.63) is 145 Å². The van der Waals surface area contributed by atoms with Crippen LogP contribution in [-0.2, 0) is 81.7 Å². The second-order valence-corrected chi connectivity index (χ2v) is 28.8. The highest BCUT2D eigenvalue weighted by Crippen LogP contribution is 2.38. The van der Waals surface area contributed by atoms with Crippen molar-refractivity contribution in [3.63, 3.8) is 0 Å². The average molecular weight is 1260 g/mol. The molecule has 0 saturated heterocycles. The Morgan fingerprint density at radius 2 is 0.738 bits per heavy atom. The van der Waals surface area contributed by atoms with Crippen LogP contribution < -0.4 is 9.44 Å². The molecule has 8 bridgehead atoms. The Morgan fingerprint density at radius 1 is 0.381 bits per heavy atom. The Kier molecular flexibility index (Phi) is 15.4. The lowest BCUT2D eigenvalue weighted by atomic mass is 10.1. The second kappa shape index (κ2) is 22.3. The Bertz CT molecular complexity index is 5050. The van der Waals surface area contributed by atoms with Gasteiger partial charge in [0.25, 0.3) is 0 Å². The lowest BCUT2D eigenvalue weighted by Crippen LogP contribution is -2.26. The van der Waals surface area contributed by atoms with E-state index in [1.54, 1.807) is 6.07 Å². The molecule has 32 heteroatoms. The first kappa shape index (κ1) is 57.9. The van der Waals surface area contributed by atoms with Crippen molar-refractivity contribution in [1.29, 1.82) is 0 Å². The molecular weight excluding hydrogens is 1210 g/mol. The summed E-state index contributed by atoms with van der Waals surface area (Å²) in [4.78, 5) is 35.6. The first-order valence-corrected chi connectivity index (χ1v) is 34.0. The van der Waals surface area contributed by atoms with Crippen molar-refractivity contribution >= 4 is 105 Å². The summed E-state index contributed by atoms with van der Waals surface area (Å²) in [6.45, 7) is -1.84. The first-order valence-electron chi connectivity index (χ1n) is 24.9. The van der Waals surface area contributed by atoms with E-state index in [9.17, 15) is 50.5 Å². The van der Waals surface area contributed by atoms with Crippen LogP contribution in [0.15, 0.2) is 153 Å². The number of hydrogen-bond donors (Lipinski definition) is 6. The summed E-state index contributed by atoms with van der Waals surface area (Å²) in [6, 6.07) is 34.4. The molecule has 6 aromatic carbocycles. The zero-order chi connectivity index (χ0) is 59.4. The minimum absolute atomic E-state index is 0.0253. The molecule has 0 amide bonds. The number of nitrogens with zero attached hydrogens (tertiary/aromatic N) is 6. The molecular formula is C52H44N10O16S6. The third-order valence-corrected chi connectivity index (χ3v) is 20.6. The number of hydrogen-bond acceptors (Lipinski definition) is 20. The molecule has 5 heterocycles. The van der Waals surface area contributed by atoms with Crippen LogP contribution in [0.4, 0.5) is 0 Å². The normalized spacial score (nSPS) is 13.1. The molecule has 0 fully saturated rings. The first-order chi connectivity index (χ1) is 39.8. The number of fused-ring (bicyclic) bond motifs is 20. The minimum Gasteiger partial charge on any atom is -0.324 e. The van der Waals surface area contributed by atoms with E-state index < -0.39 is 85.2 Å². The van der Waals surface area contributed by atoms with Gasteiger partial charge in [-0.05, 0) is 84.6 Å². The molecule has 84 heavy (non-hydrogen) atoms. The number of H-pyrrole nitrogens is 2. The van der Waals surface area contributed by atoms with E-state index in [2.05, 4.69) is 27.8 Å². The van der Waals surface area contributed by atoms with Gasteiger partial charge in [0.2, 0.25) is 20.0 Å². The summed E-state index contributed by atoms with van der Waals surface area (Å²) in [7, 11) is -26.2. The number of rotatable bonds is 20. The van der Waals surface area contributed by atoms with Crippen LogP contribution in [0.25, 0.3) is 89.7 Å². The molecule has 434 valence electrons. The summed E-state index contributed by atoms with van der Waals surface area (Å²) < 4.78 is 181. The van der Waals surface area contributed by atoms with Gasteiger partial charge in [0.05, 0.1) is 44.3 Å². The summed E-state index contributed by atoms with van der Waals surface area (Å²) in [5, 5.41) is 2.06. The van der Waals surface area contributed by atoms with Crippen LogP contribution in [0, 0.1) is 0 Å². The van der Waals surface area contributed by atoms with Gasteiger partial charge in [-0.15, -0.1) is 0 Å². The van der Waals surface area contributed by atoms with Gasteiger partial charge in [0.1, 0.15) is 22.6 Å². The lowest BCUT2D eigenvalue weighted by molar-refractivity contribution is 0.282. The molecule has 0 radical (unpaired) electrons. The molecule has 6 N–H and O–H groups in total. The Labute approximate surface area is 479 Å². The summed E-state index contributed by atoms with van der Waals surface area (Å²) >= 11 is 0. The molecule has 0 saturated carbocycles. The molecule has 0 spiro atoms. The molecule has 3 aromatic heterocycles. The van der Waals surface area contributed by atoms with Crippen molar-refractivity contribution in [2.75, 3.05) is 37.8 Å². The molecule has 11 rings (SSSR count). The van der Waals surface area contributed by atoms with Crippen LogP contribution in [-0.4, -0.2) is 137 Å². The molecule has 2 aliphatic heterocycles. The smallest absolute Gasteiger partial charge is 0.324 e. The Hall–Kier alpha value is -7.86. The standard InChI is InChI=1S/C52H44N10O16S6/c63-79(64,27-25-77-83(71,72)73)33-13-9-31(10-14-33)21-23-53-81(67,68)35-17-19-41-43(29-35)52-60-49(41)58-47-38-6-2-1-5-37(38)45(56-47)55-46-39-7-3-4-8-40(39)48(57-46)59-51-44-30-36(18-20-42(44)50(61-51)62-52)82(69,70)54-24-22-32-11-15-34(16-12-32)80(65,66)28-26-78-84(74,75)76/h1-20,29-30,53-54H,21-28H2,(H,71,72,73)(H,74,75,76)(H2,55,56,57,58,59,60,61,62). The Morgan fingerprint density at radius 3 is 1.18 bits per heavy atom. The zero-order valence-electron chi connectivity index (χ0n) is 43.1. The van der Waals surface area contributed by atoms with E-state index in [-0.39, 0.29) is 79.8 Å². The van der Waals surface area contributed by atoms with Crippen LogP contribution in [0.1, 0.15) is 11.1 Å². The van der Waals surface area contributed by atoms with Crippen molar-refractivity contribution in [2.45, 2.75) is 32.4 Å². The number of benzene rings is 6. The lowest BCUT2D eigenvalue weighted by Gasteiger charge is -2.09. The van der Waals surface area contributed by atoms with Crippen LogP contribution in [0.2, 0.25) is 0 Å². The van der Waals surface area contributed by atoms with Gasteiger partial charge in [-0.1, -0.05) is 72.8 Å². The molecule has 0 atom stereocenters. The molecule has 0 unspecified atom stereocenters. The summed E-state index contributed by atoms with van der Waals surface area (Å²) in [6.07, 6.45) is 0.265. The topological polar surface area (TPSA) is 397 Å². The number of nitrogens with one attached hydrogen (secondary N) is 4. The van der Waals surface area contributed by atoms with E-state index in [1.807, 2.05) is 48.5 Å². The van der Waals surface area contributed by atoms with E-state index in [1.165, 1.54) is 78.9 Å². The molecule has 26 nitrogen and oxygen atoms in total. The van der Waals surface area contributed by atoms with Crippen molar-refractivity contribution in [1.82, 2.24) is 49.3 Å². The quantitative estimate of drug-likeness (QED) is 0.0541. The van der Waals surface area contributed by atoms with Gasteiger partial charge in [-0.2, -0.15) is 16.8 Å². The third kappa shape index (κ3) is 12.5. The predicted molar refractivity (Wildman–Crippen MR) is 306 cm³/mol. The second-order valence-electron chi connectivity index (χ2n) is 18.8. The summed E-state index contributed by atoms with van der Waals surface area (Å²) in [5.41, 5.74) is 4.17. The SMILES string of the molecule is O=S(=O)(O)OCCS(=O)(=O)c1ccc(CCNS(=O)(=O)c2ccc3c(c2)-c2nc-3nc3[nH]c(nc4nc(nc5[nH]c(n2)c2ccc(S(=O)(=O)NCCc6ccc(S(=O)(=O)CCOS(=O)(=O)O)cc6)cc52)-c2ccccc2-4)c2ccccc32)cc1. The van der Waals surface area contributed by atoms with E-state index in [0.29, 0.717) is 66.5 Å². The maximum absolute atomic E-state index is 14.0. The predicted octanol–water partition coefficient (Wildman–Crippen LogP) is 5.10. The maximum atomic E-state index is 14.0. The van der Waals surface area contributed by atoms with Gasteiger partial charge in [0.15, 0.2) is 43.0 Å². The molecule has 0 aliphatic carbocycles. The maximum Gasteiger partial charge on any atom is 0.397 e. The van der Waals surface area contributed by atoms with Crippen molar-refractivity contribution in [3.8, 4) is 45.6 Å². The van der Waals surface area contributed by atoms with Crippen LogP contribution in [0.3, 0.4) is 0 Å². The third-order valence-electron chi connectivity index (χ3n) is 13.4. The highest BCUT2D eigenvalue weighted by Gasteiger charge is 2.27. The fraction of sp³-hybridized carbons (Fsp3) is 0.154. The largest absolute Gasteiger partial charge is 0.397 e. The van der Waals surface area contributed by atoms with Crippen molar-refractivity contribution in [2.24, 2.45) is 0 Å². The number of sulfonamides is 2. The highest BCUT2D eigenvalue weighted by molar-refractivity contribution is 7.92. The van der Waals surface area contributed by atoms with E-state index in [0.717, 1.165) is 0 Å². The zero-order valence-corrected chi connectivity index (χ0v) is 48.0.